The molecular formula is C11H12BrNOS. The van der Waals surface area contributed by atoms with E-state index in [0.29, 0.717) is 6.04 Å². The zero-order chi connectivity index (χ0) is 10.7. The molecule has 2 heterocycles. The zero-order valence-electron chi connectivity index (χ0n) is 8.37. The van der Waals surface area contributed by atoms with Crippen molar-refractivity contribution in [2.45, 2.75) is 12.5 Å². The summed E-state index contributed by atoms with van der Waals surface area (Å²) in [5.74, 6) is 0. The minimum absolute atomic E-state index is 0.303. The van der Waals surface area contributed by atoms with Crippen LogP contribution in [0.15, 0.2) is 38.9 Å². The third kappa shape index (κ3) is 2.51. The van der Waals surface area contributed by atoms with Gasteiger partial charge in [0.25, 0.3) is 0 Å². The molecule has 15 heavy (non-hydrogen) atoms. The zero-order valence-corrected chi connectivity index (χ0v) is 10.8. The molecule has 0 aromatic carbocycles. The molecule has 0 bridgehead atoms. The Hall–Kier alpha value is -0.580. The lowest BCUT2D eigenvalue weighted by atomic mass is 10.1. The van der Waals surface area contributed by atoms with Crippen molar-refractivity contribution in [3.05, 3.63) is 45.0 Å². The maximum Gasteiger partial charge on any atom is 0.173 e. The number of rotatable bonds is 4. The van der Waals surface area contributed by atoms with Gasteiger partial charge in [0.05, 0.1) is 6.26 Å². The van der Waals surface area contributed by atoms with Gasteiger partial charge in [0.1, 0.15) is 0 Å². The molecular weight excluding hydrogens is 274 g/mol. The van der Waals surface area contributed by atoms with Gasteiger partial charge in [-0.25, -0.2) is 0 Å². The second kappa shape index (κ2) is 4.96. The van der Waals surface area contributed by atoms with Crippen LogP contribution < -0.4 is 5.32 Å². The largest absolute Gasteiger partial charge is 0.457 e. The van der Waals surface area contributed by atoms with Crippen molar-refractivity contribution in [2.24, 2.45) is 0 Å². The Bertz CT molecular complexity index is 410. The Balaban J connectivity index is 2.15. The first kappa shape index (κ1) is 10.9. The van der Waals surface area contributed by atoms with Crippen LogP contribution in [-0.2, 0) is 6.42 Å². The van der Waals surface area contributed by atoms with Crippen LogP contribution >= 0.6 is 27.3 Å². The van der Waals surface area contributed by atoms with Gasteiger partial charge in [0, 0.05) is 22.9 Å². The smallest absolute Gasteiger partial charge is 0.173 e. The average molecular weight is 286 g/mol. The summed E-state index contributed by atoms with van der Waals surface area (Å²) in [7, 11) is 1.97. The Kier molecular flexibility index (Phi) is 3.61. The fourth-order valence-corrected chi connectivity index (χ4v) is 2.82. The van der Waals surface area contributed by atoms with Crippen molar-refractivity contribution in [3.8, 4) is 0 Å². The van der Waals surface area contributed by atoms with Crippen molar-refractivity contribution < 1.29 is 4.42 Å². The normalized spacial score (nSPS) is 12.9. The maximum atomic E-state index is 5.25. The van der Waals surface area contributed by atoms with Crippen LogP contribution in [0.5, 0.6) is 0 Å². The molecule has 0 aliphatic carbocycles. The molecule has 2 rings (SSSR count). The van der Waals surface area contributed by atoms with E-state index in [-0.39, 0.29) is 0 Å². The van der Waals surface area contributed by atoms with E-state index in [2.05, 4.69) is 38.8 Å². The molecule has 0 aliphatic rings. The second-order valence-electron chi connectivity index (χ2n) is 3.27. The first-order chi connectivity index (χ1) is 7.31. The van der Waals surface area contributed by atoms with Crippen molar-refractivity contribution >= 4 is 27.3 Å². The number of likely N-dealkylation sites (N-methyl/N-ethyl adjacent to an activating group) is 1. The molecule has 0 amide bonds. The first-order valence-corrected chi connectivity index (χ1v) is 6.41. The third-order valence-corrected chi connectivity index (χ3v) is 3.90. The van der Waals surface area contributed by atoms with Gasteiger partial charge in [-0.3, -0.25) is 0 Å². The van der Waals surface area contributed by atoms with Crippen LogP contribution in [0.25, 0.3) is 0 Å². The van der Waals surface area contributed by atoms with Gasteiger partial charge < -0.3 is 9.73 Å². The van der Waals surface area contributed by atoms with Gasteiger partial charge in [-0.1, -0.05) is 6.07 Å². The van der Waals surface area contributed by atoms with E-state index in [4.69, 9.17) is 4.42 Å². The number of halogens is 1. The summed E-state index contributed by atoms with van der Waals surface area (Å²) >= 11 is 5.19. The topological polar surface area (TPSA) is 25.2 Å². The minimum atomic E-state index is 0.303. The second-order valence-corrected chi connectivity index (χ2v) is 5.03. The van der Waals surface area contributed by atoms with E-state index < -0.39 is 0 Å². The van der Waals surface area contributed by atoms with E-state index in [1.54, 1.807) is 17.6 Å². The lowest BCUT2D eigenvalue weighted by Crippen LogP contribution is -2.18. The van der Waals surface area contributed by atoms with Crippen molar-refractivity contribution in [1.82, 2.24) is 5.32 Å². The molecule has 2 aromatic rings. The molecule has 0 saturated carbocycles. The summed E-state index contributed by atoms with van der Waals surface area (Å²) in [6, 6.07) is 6.54. The van der Waals surface area contributed by atoms with Crippen LogP contribution in [0, 0.1) is 0 Å². The quantitative estimate of drug-likeness (QED) is 0.929. The molecule has 2 aromatic heterocycles. The summed E-state index contributed by atoms with van der Waals surface area (Å²) in [6.07, 6.45) is 2.70. The van der Waals surface area contributed by atoms with E-state index in [1.807, 2.05) is 13.1 Å². The fraction of sp³-hybridized carbons (Fsp3) is 0.273. The number of hydrogen-bond acceptors (Lipinski definition) is 3. The Morgan fingerprint density at radius 1 is 1.53 bits per heavy atom. The van der Waals surface area contributed by atoms with E-state index in [1.165, 1.54) is 10.4 Å². The van der Waals surface area contributed by atoms with Crippen LogP contribution in [-0.4, -0.2) is 7.05 Å². The maximum absolute atomic E-state index is 5.25. The molecule has 80 valence electrons. The molecule has 4 heteroatoms. The SMILES string of the molecule is CNC(Cc1cccs1)c1ccoc1Br. The number of hydrogen-bond donors (Lipinski definition) is 1. The molecule has 0 aliphatic heterocycles. The van der Waals surface area contributed by atoms with Crippen LogP contribution in [0.2, 0.25) is 0 Å². The van der Waals surface area contributed by atoms with Crippen LogP contribution in [0.4, 0.5) is 0 Å². The Morgan fingerprint density at radius 3 is 2.93 bits per heavy atom. The van der Waals surface area contributed by atoms with Crippen molar-refractivity contribution in [1.29, 1.82) is 0 Å². The Labute approximate surface area is 101 Å². The monoisotopic (exact) mass is 285 g/mol. The van der Waals surface area contributed by atoms with E-state index in [9.17, 15) is 0 Å². The highest BCUT2D eigenvalue weighted by Gasteiger charge is 2.15. The predicted molar refractivity (Wildman–Crippen MR) is 66.2 cm³/mol. The van der Waals surface area contributed by atoms with Crippen LogP contribution in [0.1, 0.15) is 16.5 Å². The Morgan fingerprint density at radius 2 is 2.40 bits per heavy atom. The summed E-state index contributed by atoms with van der Waals surface area (Å²) in [5.41, 5.74) is 1.17. The van der Waals surface area contributed by atoms with Crippen LogP contribution in [0.3, 0.4) is 0 Å². The van der Waals surface area contributed by atoms with E-state index >= 15 is 0 Å². The summed E-state index contributed by atoms with van der Waals surface area (Å²) < 4.78 is 6.06. The first-order valence-electron chi connectivity index (χ1n) is 4.74. The van der Waals surface area contributed by atoms with Gasteiger partial charge in [-0.2, -0.15) is 0 Å². The van der Waals surface area contributed by atoms with Gasteiger partial charge in [-0.15, -0.1) is 11.3 Å². The van der Waals surface area contributed by atoms with Gasteiger partial charge >= 0.3 is 0 Å². The standard InChI is InChI=1S/C11H12BrNOS/c1-13-10(7-8-3-2-6-15-8)9-4-5-14-11(9)12/h2-6,10,13H,7H2,1H3. The highest BCUT2D eigenvalue weighted by molar-refractivity contribution is 9.10. The van der Waals surface area contributed by atoms with Crippen molar-refractivity contribution in [3.63, 3.8) is 0 Å². The predicted octanol–water partition coefficient (Wildman–Crippen LogP) is 3.61. The summed E-state index contributed by atoms with van der Waals surface area (Å²) in [4.78, 5) is 1.38. The lowest BCUT2D eigenvalue weighted by Gasteiger charge is -2.13. The van der Waals surface area contributed by atoms with Gasteiger partial charge in [-0.05, 0) is 40.5 Å². The van der Waals surface area contributed by atoms with Gasteiger partial charge in [0.15, 0.2) is 4.67 Å². The average Bonchev–Trinajstić information content (AvgIpc) is 2.85. The molecule has 2 nitrogen and oxygen atoms in total. The highest BCUT2D eigenvalue weighted by atomic mass is 79.9. The molecule has 0 fully saturated rings. The third-order valence-electron chi connectivity index (χ3n) is 2.36. The fourth-order valence-electron chi connectivity index (χ4n) is 1.55. The van der Waals surface area contributed by atoms with Gasteiger partial charge in [0.2, 0.25) is 0 Å². The van der Waals surface area contributed by atoms with E-state index in [0.717, 1.165) is 11.1 Å². The summed E-state index contributed by atoms with van der Waals surface area (Å²) in [5, 5.41) is 5.40. The molecule has 0 spiro atoms. The lowest BCUT2D eigenvalue weighted by molar-refractivity contribution is 0.519. The number of nitrogens with one attached hydrogen (secondary N) is 1. The summed E-state index contributed by atoms with van der Waals surface area (Å²) in [6.45, 7) is 0. The molecule has 1 unspecified atom stereocenters. The minimum Gasteiger partial charge on any atom is -0.457 e. The van der Waals surface area contributed by atoms with Crippen molar-refractivity contribution in [2.75, 3.05) is 7.05 Å². The molecule has 1 atom stereocenters. The molecule has 0 saturated heterocycles. The number of thiophene rings is 1. The highest BCUT2D eigenvalue weighted by Crippen LogP contribution is 2.27. The number of furan rings is 1. The molecule has 0 radical (unpaired) electrons. The molecule has 1 N–H and O–H groups in total.